The molecule has 0 aromatic rings. The van der Waals surface area contributed by atoms with Crippen LogP contribution in [0.25, 0.3) is 0 Å². The second-order valence-electron chi connectivity index (χ2n) is 6.71. The number of aliphatic carboxylic acids is 1. The molecule has 2 N–H and O–H groups in total. The summed E-state index contributed by atoms with van der Waals surface area (Å²) in [5.74, 6) is -0.918. The Morgan fingerprint density at radius 3 is 1.57 bits per heavy atom. The first-order valence-electron chi connectivity index (χ1n) is 8.92. The van der Waals surface area contributed by atoms with Gasteiger partial charge in [-0.15, -0.1) is 0 Å². The van der Waals surface area contributed by atoms with Gasteiger partial charge in [-0.3, -0.25) is 4.79 Å². The molecule has 21 heavy (non-hydrogen) atoms. The Bertz CT molecular complexity index is 249. The van der Waals surface area contributed by atoms with Gasteiger partial charge in [0.15, 0.2) is 0 Å². The zero-order chi connectivity index (χ0) is 16.0. The number of aliphatic hydroxyl groups is 1. The van der Waals surface area contributed by atoms with Gasteiger partial charge in [0.2, 0.25) is 0 Å². The lowest BCUT2D eigenvalue weighted by Crippen LogP contribution is -2.27. The van der Waals surface area contributed by atoms with Gasteiger partial charge in [-0.25, -0.2) is 0 Å². The number of rotatable bonds is 15. The molecule has 0 aliphatic heterocycles. The molecule has 1 atom stereocenters. The number of carboxylic acid groups (broad SMARTS) is 1. The minimum Gasteiger partial charge on any atom is -0.481 e. The van der Waals surface area contributed by atoms with Crippen molar-refractivity contribution >= 4 is 5.97 Å². The van der Waals surface area contributed by atoms with E-state index in [-0.39, 0.29) is 6.42 Å². The van der Waals surface area contributed by atoms with E-state index in [2.05, 4.69) is 6.92 Å². The second kappa shape index (κ2) is 13.1. The van der Waals surface area contributed by atoms with Crippen molar-refractivity contribution in [3.8, 4) is 0 Å². The van der Waals surface area contributed by atoms with E-state index in [0.29, 0.717) is 6.42 Å². The van der Waals surface area contributed by atoms with Crippen LogP contribution in [0.4, 0.5) is 0 Å². The summed E-state index contributed by atoms with van der Waals surface area (Å²) in [6.07, 6.45) is 15.9. The van der Waals surface area contributed by atoms with Gasteiger partial charge in [-0.2, -0.15) is 0 Å². The van der Waals surface area contributed by atoms with Crippen molar-refractivity contribution in [1.82, 2.24) is 0 Å². The van der Waals surface area contributed by atoms with Crippen LogP contribution in [0.5, 0.6) is 0 Å². The molecule has 0 heterocycles. The number of hydrogen-bond acceptors (Lipinski definition) is 2. The van der Waals surface area contributed by atoms with Gasteiger partial charge in [-0.05, 0) is 13.3 Å². The molecular weight excluding hydrogens is 264 g/mol. The minimum atomic E-state index is -1.04. The van der Waals surface area contributed by atoms with E-state index < -0.39 is 11.6 Å². The molecule has 0 amide bonds. The summed E-state index contributed by atoms with van der Waals surface area (Å²) in [5.41, 5.74) is -1.04. The Labute approximate surface area is 131 Å². The number of carbonyl (C=O) groups is 1. The van der Waals surface area contributed by atoms with Crippen molar-refractivity contribution in [2.45, 2.75) is 109 Å². The van der Waals surface area contributed by atoms with Gasteiger partial charge in [0.25, 0.3) is 0 Å². The molecule has 0 spiro atoms. The Hall–Kier alpha value is -0.570. The third-order valence-corrected chi connectivity index (χ3v) is 4.10. The number of carboxylic acids is 1. The third-order valence-electron chi connectivity index (χ3n) is 4.10. The average Bonchev–Trinajstić information content (AvgIpc) is 2.38. The average molecular weight is 300 g/mol. The zero-order valence-corrected chi connectivity index (χ0v) is 14.2. The van der Waals surface area contributed by atoms with Gasteiger partial charge in [0.1, 0.15) is 0 Å². The van der Waals surface area contributed by atoms with Crippen LogP contribution in [0, 0.1) is 0 Å². The molecule has 0 saturated carbocycles. The van der Waals surface area contributed by atoms with Crippen LogP contribution < -0.4 is 0 Å². The van der Waals surface area contributed by atoms with Gasteiger partial charge in [0, 0.05) is 0 Å². The molecule has 0 aromatic carbocycles. The maximum Gasteiger partial charge on any atom is 0.306 e. The van der Waals surface area contributed by atoms with Gasteiger partial charge in [-0.1, -0.05) is 84.0 Å². The fourth-order valence-corrected chi connectivity index (χ4v) is 2.76. The summed E-state index contributed by atoms with van der Waals surface area (Å²) in [7, 11) is 0. The van der Waals surface area contributed by atoms with Crippen LogP contribution in [-0.2, 0) is 4.79 Å². The molecular formula is C18H36O3. The Balaban J connectivity index is 3.24. The van der Waals surface area contributed by atoms with E-state index in [1.54, 1.807) is 6.92 Å². The Morgan fingerprint density at radius 2 is 1.19 bits per heavy atom. The highest BCUT2D eigenvalue weighted by Gasteiger charge is 2.23. The number of hydrogen-bond donors (Lipinski definition) is 2. The van der Waals surface area contributed by atoms with Crippen molar-refractivity contribution in [3.05, 3.63) is 0 Å². The first-order chi connectivity index (χ1) is 9.98. The maximum absolute atomic E-state index is 10.6. The predicted octanol–water partition coefficient (Wildman–Crippen LogP) is 5.30. The highest BCUT2D eigenvalue weighted by Crippen LogP contribution is 2.19. The Kier molecular flexibility index (Phi) is 12.8. The SMILES string of the molecule is CCCCCCCCCCCCCCC(C)(O)CC(=O)O. The highest BCUT2D eigenvalue weighted by molar-refractivity contribution is 5.67. The molecule has 126 valence electrons. The van der Waals surface area contributed by atoms with E-state index in [9.17, 15) is 9.90 Å². The van der Waals surface area contributed by atoms with Crippen LogP contribution in [0.1, 0.15) is 104 Å². The van der Waals surface area contributed by atoms with E-state index in [4.69, 9.17) is 5.11 Å². The molecule has 0 bridgehead atoms. The predicted molar refractivity (Wildman–Crippen MR) is 88.6 cm³/mol. The Morgan fingerprint density at radius 1 is 0.810 bits per heavy atom. The van der Waals surface area contributed by atoms with E-state index in [1.807, 2.05) is 0 Å². The summed E-state index contributed by atoms with van der Waals surface area (Å²) in [5, 5.41) is 18.5. The topological polar surface area (TPSA) is 57.5 Å². The van der Waals surface area contributed by atoms with Gasteiger partial charge >= 0.3 is 5.97 Å². The number of unbranched alkanes of at least 4 members (excludes halogenated alkanes) is 11. The summed E-state index contributed by atoms with van der Waals surface area (Å²) in [6, 6.07) is 0. The lowest BCUT2D eigenvalue weighted by molar-refractivity contribution is -0.142. The lowest BCUT2D eigenvalue weighted by atomic mass is 9.94. The zero-order valence-electron chi connectivity index (χ0n) is 14.2. The van der Waals surface area contributed by atoms with Gasteiger partial charge < -0.3 is 10.2 Å². The molecule has 0 rings (SSSR count). The van der Waals surface area contributed by atoms with Crippen molar-refractivity contribution in [2.75, 3.05) is 0 Å². The first kappa shape index (κ1) is 20.4. The molecule has 3 heteroatoms. The fourth-order valence-electron chi connectivity index (χ4n) is 2.76. The van der Waals surface area contributed by atoms with Crippen molar-refractivity contribution in [2.24, 2.45) is 0 Å². The van der Waals surface area contributed by atoms with Crippen molar-refractivity contribution in [3.63, 3.8) is 0 Å². The smallest absolute Gasteiger partial charge is 0.306 e. The summed E-state index contributed by atoms with van der Waals surface area (Å²) in [6.45, 7) is 3.88. The molecule has 0 radical (unpaired) electrons. The molecule has 0 fully saturated rings. The van der Waals surface area contributed by atoms with E-state index in [1.165, 1.54) is 64.2 Å². The van der Waals surface area contributed by atoms with Crippen LogP contribution in [0.2, 0.25) is 0 Å². The summed E-state index contributed by atoms with van der Waals surface area (Å²) >= 11 is 0. The van der Waals surface area contributed by atoms with E-state index in [0.717, 1.165) is 12.8 Å². The normalized spacial score (nSPS) is 14.0. The molecule has 0 aromatic heterocycles. The quantitative estimate of drug-likeness (QED) is 0.403. The van der Waals surface area contributed by atoms with E-state index >= 15 is 0 Å². The molecule has 3 nitrogen and oxygen atoms in total. The van der Waals surface area contributed by atoms with Gasteiger partial charge in [0.05, 0.1) is 12.0 Å². The van der Waals surface area contributed by atoms with Crippen LogP contribution >= 0.6 is 0 Å². The summed E-state index contributed by atoms with van der Waals surface area (Å²) < 4.78 is 0. The minimum absolute atomic E-state index is 0.148. The van der Waals surface area contributed by atoms with Crippen LogP contribution in [0.15, 0.2) is 0 Å². The molecule has 0 aliphatic rings. The van der Waals surface area contributed by atoms with Crippen LogP contribution in [-0.4, -0.2) is 21.8 Å². The maximum atomic E-state index is 10.6. The molecule has 1 unspecified atom stereocenters. The standard InChI is InChI=1S/C18H36O3/c1-3-4-5-6-7-8-9-10-11-12-13-14-15-18(2,21)16-17(19)20/h21H,3-16H2,1-2H3,(H,19,20). The molecule has 0 saturated heterocycles. The van der Waals surface area contributed by atoms with Crippen LogP contribution in [0.3, 0.4) is 0 Å². The second-order valence-corrected chi connectivity index (χ2v) is 6.71. The van der Waals surface area contributed by atoms with Crippen molar-refractivity contribution < 1.29 is 15.0 Å². The third kappa shape index (κ3) is 15.6. The fraction of sp³-hybridized carbons (Fsp3) is 0.944. The largest absolute Gasteiger partial charge is 0.481 e. The van der Waals surface area contributed by atoms with Crippen molar-refractivity contribution in [1.29, 1.82) is 0 Å². The monoisotopic (exact) mass is 300 g/mol. The first-order valence-corrected chi connectivity index (χ1v) is 8.92. The summed E-state index contributed by atoms with van der Waals surface area (Å²) in [4.78, 5) is 10.6. The molecule has 0 aliphatic carbocycles. The lowest BCUT2D eigenvalue weighted by Gasteiger charge is -2.20. The highest BCUT2D eigenvalue weighted by atomic mass is 16.4.